The smallest absolute Gasteiger partial charge is 0.131 e. The van der Waals surface area contributed by atoms with Crippen LogP contribution in [0.4, 0.5) is 0 Å². The highest BCUT2D eigenvalue weighted by Gasteiger charge is 2.09. The minimum absolute atomic E-state index is 0.706. The molecule has 1 rings (SSSR count). The van der Waals surface area contributed by atoms with Gasteiger partial charge in [-0.1, -0.05) is 11.6 Å². The maximum absolute atomic E-state index is 6.08. The second-order valence-electron chi connectivity index (χ2n) is 3.46. The molecule has 0 aliphatic rings. The van der Waals surface area contributed by atoms with Crippen LogP contribution in [0.15, 0.2) is 0 Å². The summed E-state index contributed by atoms with van der Waals surface area (Å²) in [6.07, 6.45) is 6.97. The van der Waals surface area contributed by atoms with E-state index in [2.05, 4.69) is 16.3 Å². The standard InChI is InChI=1S/C11H16ClN3/c1-4-5-6-7-13-8-10-9(2)14-15(3)11(10)12/h1,13H,5-8H2,2-3H3. The van der Waals surface area contributed by atoms with Crippen LogP contribution in [0.5, 0.6) is 0 Å². The number of aryl methyl sites for hydroxylation is 2. The minimum Gasteiger partial charge on any atom is -0.312 e. The van der Waals surface area contributed by atoms with Crippen molar-refractivity contribution in [1.82, 2.24) is 15.1 Å². The molecule has 15 heavy (non-hydrogen) atoms. The first-order valence-corrected chi connectivity index (χ1v) is 5.36. The molecule has 0 saturated carbocycles. The Morgan fingerprint density at radius 1 is 1.60 bits per heavy atom. The van der Waals surface area contributed by atoms with Gasteiger partial charge in [0.2, 0.25) is 0 Å². The molecule has 4 heteroatoms. The monoisotopic (exact) mass is 225 g/mol. The summed E-state index contributed by atoms with van der Waals surface area (Å²) in [6, 6.07) is 0. The maximum atomic E-state index is 6.08. The first-order chi connectivity index (χ1) is 7.16. The van der Waals surface area contributed by atoms with Crippen molar-refractivity contribution in [2.75, 3.05) is 6.54 Å². The van der Waals surface area contributed by atoms with E-state index in [-0.39, 0.29) is 0 Å². The molecule has 0 aromatic carbocycles. The molecule has 0 bridgehead atoms. The number of rotatable bonds is 5. The van der Waals surface area contributed by atoms with E-state index in [1.54, 1.807) is 4.68 Å². The number of terminal acetylenes is 1. The number of halogens is 1. The van der Waals surface area contributed by atoms with Gasteiger partial charge in [-0.2, -0.15) is 5.10 Å². The zero-order chi connectivity index (χ0) is 11.3. The molecule has 0 aliphatic heterocycles. The fourth-order valence-electron chi connectivity index (χ4n) is 1.40. The quantitative estimate of drug-likeness (QED) is 0.613. The molecule has 0 amide bonds. The zero-order valence-corrected chi connectivity index (χ0v) is 9.93. The van der Waals surface area contributed by atoms with Crippen molar-refractivity contribution in [3.8, 4) is 12.3 Å². The van der Waals surface area contributed by atoms with E-state index < -0.39 is 0 Å². The van der Waals surface area contributed by atoms with Gasteiger partial charge in [0.25, 0.3) is 0 Å². The van der Waals surface area contributed by atoms with Crippen molar-refractivity contribution < 1.29 is 0 Å². The minimum atomic E-state index is 0.706. The predicted molar refractivity (Wildman–Crippen MR) is 62.7 cm³/mol. The first kappa shape index (κ1) is 12.1. The van der Waals surface area contributed by atoms with E-state index in [1.165, 1.54) is 0 Å². The summed E-state index contributed by atoms with van der Waals surface area (Å²) in [6.45, 7) is 3.63. The Labute approximate surface area is 95.8 Å². The first-order valence-electron chi connectivity index (χ1n) is 4.99. The van der Waals surface area contributed by atoms with Gasteiger partial charge in [-0.25, -0.2) is 0 Å². The Kier molecular flexibility index (Phi) is 4.67. The molecule has 0 unspecified atom stereocenters. The highest BCUT2D eigenvalue weighted by Crippen LogP contribution is 2.17. The molecule has 0 aliphatic carbocycles. The Bertz CT molecular complexity index is 363. The van der Waals surface area contributed by atoms with Crippen molar-refractivity contribution in [3.05, 3.63) is 16.4 Å². The number of unbranched alkanes of at least 4 members (excludes halogenated alkanes) is 1. The molecule has 0 atom stereocenters. The third-order valence-electron chi connectivity index (χ3n) is 2.25. The lowest BCUT2D eigenvalue weighted by atomic mass is 10.2. The van der Waals surface area contributed by atoms with Crippen LogP contribution in [0.1, 0.15) is 24.1 Å². The Morgan fingerprint density at radius 3 is 2.87 bits per heavy atom. The lowest BCUT2D eigenvalue weighted by Crippen LogP contribution is -2.15. The van der Waals surface area contributed by atoms with Crippen molar-refractivity contribution in [2.45, 2.75) is 26.3 Å². The lowest BCUT2D eigenvalue weighted by molar-refractivity contribution is 0.657. The van der Waals surface area contributed by atoms with Gasteiger partial charge < -0.3 is 5.32 Å². The molecule has 1 aromatic heterocycles. The highest BCUT2D eigenvalue weighted by molar-refractivity contribution is 6.30. The lowest BCUT2D eigenvalue weighted by Gasteiger charge is -2.02. The zero-order valence-electron chi connectivity index (χ0n) is 9.18. The van der Waals surface area contributed by atoms with Gasteiger partial charge in [-0.05, 0) is 19.9 Å². The van der Waals surface area contributed by atoms with Gasteiger partial charge in [0.15, 0.2) is 0 Å². The Balaban J connectivity index is 2.41. The van der Waals surface area contributed by atoms with Crippen LogP contribution in [0.25, 0.3) is 0 Å². The van der Waals surface area contributed by atoms with Crippen molar-refractivity contribution in [2.24, 2.45) is 7.05 Å². The number of hydrogen-bond donors (Lipinski definition) is 1. The molecule has 0 spiro atoms. The predicted octanol–water partition coefficient (Wildman–Crippen LogP) is 1.88. The number of nitrogens with zero attached hydrogens (tertiary/aromatic N) is 2. The average molecular weight is 226 g/mol. The van der Waals surface area contributed by atoms with E-state index in [1.807, 2.05) is 14.0 Å². The van der Waals surface area contributed by atoms with Crippen LogP contribution in [-0.4, -0.2) is 16.3 Å². The molecule has 1 aromatic rings. The van der Waals surface area contributed by atoms with Crippen LogP contribution in [0.3, 0.4) is 0 Å². The van der Waals surface area contributed by atoms with E-state index in [0.29, 0.717) is 5.15 Å². The molecule has 82 valence electrons. The SMILES string of the molecule is C#CCCCNCc1c(C)nn(C)c1Cl. The van der Waals surface area contributed by atoms with Crippen LogP contribution in [-0.2, 0) is 13.6 Å². The van der Waals surface area contributed by atoms with Crippen LogP contribution in [0, 0.1) is 19.3 Å². The van der Waals surface area contributed by atoms with Crippen molar-refractivity contribution >= 4 is 11.6 Å². The van der Waals surface area contributed by atoms with Gasteiger partial charge in [0.05, 0.1) is 5.69 Å². The van der Waals surface area contributed by atoms with Gasteiger partial charge in [-0.3, -0.25) is 4.68 Å². The average Bonchev–Trinajstić information content (AvgIpc) is 2.44. The maximum Gasteiger partial charge on any atom is 0.131 e. The largest absolute Gasteiger partial charge is 0.312 e. The molecular formula is C11H16ClN3. The summed E-state index contributed by atoms with van der Waals surface area (Å²) < 4.78 is 1.69. The van der Waals surface area contributed by atoms with Gasteiger partial charge in [-0.15, -0.1) is 12.3 Å². The summed E-state index contributed by atoms with van der Waals surface area (Å²) in [5, 5.41) is 8.24. The summed E-state index contributed by atoms with van der Waals surface area (Å²) in [7, 11) is 1.84. The van der Waals surface area contributed by atoms with Gasteiger partial charge in [0, 0.05) is 25.6 Å². The summed E-state index contributed by atoms with van der Waals surface area (Å²) in [5.74, 6) is 2.61. The normalized spacial score (nSPS) is 10.3. The molecular weight excluding hydrogens is 210 g/mol. The number of aromatic nitrogens is 2. The number of nitrogens with one attached hydrogen (secondary N) is 1. The van der Waals surface area contributed by atoms with Crippen molar-refractivity contribution in [1.29, 1.82) is 0 Å². The molecule has 3 nitrogen and oxygen atoms in total. The second kappa shape index (κ2) is 5.79. The fourth-order valence-corrected chi connectivity index (χ4v) is 1.64. The number of hydrogen-bond acceptors (Lipinski definition) is 2. The van der Waals surface area contributed by atoms with E-state index >= 15 is 0 Å². The summed E-state index contributed by atoms with van der Waals surface area (Å²) >= 11 is 6.08. The second-order valence-corrected chi connectivity index (χ2v) is 3.82. The highest BCUT2D eigenvalue weighted by atomic mass is 35.5. The van der Waals surface area contributed by atoms with Crippen LogP contribution in [0.2, 0.25) is 5.15 Å². The Morgan fingerprint density at radius 2 is 2.33 bits per heavy atom. The Hall–Kier alpha value is -0.980. The van der Waals surface area contributed by atoms with Gasteiger partial charge >= 0.3 is 0 Å². The molecule has 0 radical (unpaired) electrons. The summed E-state index contributed by atoms with van der Waals surface area (Å²) in [5.41, 5.74) is 2.05. The molecule has 0 fully saturated rings. The fraction of sp³-hybridized carbons (Fsp3) is 0.545. The third-order valence-corrected chi connectivity index (χ3v) is 2.72. The van der Waals surface area contributed by atoms with Gasteiger partial charge in [0.1, 0.15) is 5.15 Å². The summed E-state index contributed by atoms with van der Waals surface area (Å²) in [4.78, 5) is 0. The third kappa shape index (κ3) is 3.26. The van der Waals surface area contributed by atoms with E-state index in [0.717, 1.165) is 37.2 Å². The van der Waals surface area contributed by atoms with E-state index in [9.17, 15) is 0 Å². The molecule has 0 saturated heterocycles. The van der Waals surface area contributed by atoms with Crippen LogP contribution >= 0.6 is 11.6 Å². The van der Waals surface area contributed by atoms with E-state index in [4.69, 9.17) is 18.0 Å². The molecule has 1 heterocycles. The van der Waals surface area contributed by atoms with Crippen LogP contribution < -0.4 is 5.32 Å². The molecule has 1 N–H and O–H groups in total. The topological polar surface area (TPSA) is 29.9 Å². The van der Waals surface area contributed by atoms with Crippen molar-refractivity contribution in [3.63, 3.8) is 0 Å².